The molecule has 1 saturated heterocycles. The monoisotopic (exact) mass is 346 g/mol. The Labute approximate surface area is 150 Å². The molecule has 2 aliphatic rings. The first kappa shape index (κ1) is 18.2. The molecular formula is C20H30N2O3. The van der Waals surface area contributed by atoms with E-state index in [9.17, 15) is 9.90 Å². The van der Waals surface area contributed by atoms with Gasteiger partial charge in [-0.1, -0.05) is 31.4 Å². The van der Waals surface area contributed by atoms with Crippen LogP contribution in [0.25, 0.3) is 0 Å². The van der Waals surface area contributed by atoms with E-state index >= 15 is 0 Å². The van der Waals surface area contributed by atoms with E-state index in [2.05, 4.69) is 10.2 Å². The molecule has 5 nitrogen and oxygen atoms in total. The van der Waals surface area contributed by atoms with Gasteiger partial charge in [0.05, 0.1) is 7.11 Å². The second kappa shape index (κ2) is 8.68. The Hall–Kier alpha value is -1.59. The third kappa shape index (κ3) is 4.73. The average Bonchev–Trinajstić information content (AvgIpc) is 2.68. The van der Waals surface area contributed by atoms with E-state index in [1.54, 1.807) is 31.4 Å². The number of nitrogens with one attached hydrogen (secondary N) is 1. The minimum Gasteiger partial charge on any atom is -0.497 e. The number of aliphatic hydroxyl groups excluding tert-OH is 1. The molecule has 0 spiro atoms. The van der Waals surface area contributed by atoms with E-state index in [4.69, 9.17) is 4.74 Å². The Balaban J connectivity index is 1.48. The van der Waals surface area contributed by atoms with Crippen LogP contribution in [0.3, 0.4) is 0 Å². The molecule has 1 aromatic rings. The zero-order chi connectivity index (χ0) is 17.6. The molecule has 138 valence electrons. The molecule has 1 amide bonds. The van der Waals surface area contributed by atoms with Crippen molar-refractivity contribution in [2.24, 2.45) is 0 Å². The first-order valence-electron chi connectivity index (χ1n) is 9.54. The summed E-state index contributed by atoms with van der Waals surface area (Å²) in [5, 5.41) is 13.3. The Kier molecular flexibility index (Phi) is 6.32. The van der Waals surface area contributed by atoms with E-state index in [-0.39, 0.29) is 11.9 Å². The molecule has 1 aromatic carbocycles. The number of piperidine rings is 1. The fraction of sp³-hybridized carbons (Fsp3) is 0.650. The fourth-order valence-electron chi connectivity index (χ4n) is 4.10. The van der Waals surface area contributed by atoms with Crippen LogP contribution in [0, 0.1) is 0 Å². The lowest BCUT2D eigenvalue weighted by Gasteiger charge is -2.39. The number of ether oxygens (including phenoxy) is 1. The van der Waals surface area contributed by atoms with E-state index < -0.39 is 6.10 Å². The highest BCUT2D eigenvalue weighted by atomic mass is 16.5. The van der Waals surface area contributed by atoms with E-state index in [0.717, 1.165) is 32.0 Å². The maximum atomic E-state index is 12.4. The summed E-state index contributed by atoms with van der Waals surface area (Å²) in [4.78, 5) is 15.0. The van der Waals surface area contributed by atoms with Crippen molar-refractivity contribution < 1.29 is 14.6 Å². The van der Waals surface area contributed by atoms with Crippen LogP contribution in [0.4, 0.5) is 0 Å². The third-order valence-corrected chi connectivity index (χ3v) is 5.62. The van der Waals surface area contributed by atoms with Gasteiger partial charge in [0.1, 0.15) is 5.75 Å². The highest BCUT2D eigenvalue weighted by molar-refractivity contribution is 5.82. The van der Waals surface area contributed by atoms with Crippen molar-refractivity contribution in [1.29, 1.82) is 0 Å². The number of carbonyl (C=O) groups excluding carboxylic acids is 1. The van der Waals surface area contributed by atoms with Crippen LogP contribution >= 0.6 is 0 Å². The molecule has 25 heavy (non-hydrogen) atoms. The molecule has 0 radical (unpaired) electrons. The number of amides is 1. The molecular weight excluding hydrogens is 316 g/mol. The Morgan fingerprint density at radius 1 is 1.20 bits per heavy atom. The van der Waals surface area contributed by atoms with Gasteiger partial charge in [-0.15, -0.1) is 0 Å². The zero-order valence-electron chi connectivity index (χ0n) is 15.1. The number of carbonyl (C=O) groups is 1. The predicted octanol–water partition coefficient (Wildman–Crippen LogP) is 2.64. The second-order valence-corrected chi connectivity index (χ2v) is 7.29. The molecule has 0 aromatic heterocycles. The molecule has 5 heteroatoms. The quantitative estimate of drug-likeness (QED) is 0.860. The molecule has 2 fully saturated rings. The molecule has 2 N–H and O–H groups in total. The SMILES string of the molecule is COc1cccc(C(O)C(=O)NC2CCN(C3CCCCC3)CC2)c1. The summed E-state index contributed by atoms with van der Waals surface area (Å²) in [5.41, 5.74) is 0.566. The average molecular weight is 346 g/mol. The summed E-state index contributed by atoms with van der Waals surface area (Å²) in [7, 11) is 1.58. The van der Waals surface area contributed by atoms with Crippen LogP contribution in [-0.4, -0.2) is 48.2 Å². The Bertz CT molecular complexity index is 564. The number of methoxy groups -OCH3 is 1. The maximum Gasteiger partial charge on any atom is 0.253 e. The van der Waals surface area contributed by atoms with Gasteiger partial charge in [0, 0.05) is 25.2 Å². The smallest absolute Gasteiger partial charge is 0.253 e. The first-order valence-corrected chi connectivity index (χ1v) is 9.54. The topological polar surface area (TPSA) is 61.8 Å². The van der Waals surface area contributed by atoms with Crippen molar-refractivity contribution in [3.8, 4) is 5.75 Å². The van der Waals surface area contributed by atoms with Crippen LogP contribution < -0.4 is 10.1 Å². The summed E-state index contributed by atoms with van der Waals surface area (Å²) in [6.07, 6.45) is 7.52. The number of hydrogen-bond acceptors (Lipinski definition) is 4. The lowest BCUT2D eigenvalue weighted by atomic mass is 9.92. The number of aliphatic hydroxyl groups is 1. The Morgan fingerprint density at radius 2 is 1.92 bits per heavy atom. The summed E-state index contributed by atoms with van der Waals surface area (Å²) in [6, 6.07) is 7.94. The van der Waals surface area contributed by atoms with Crippen LogP contribution in [0.1, 0.15) is 56.6 Å². The fourth-order valence-corrected chi connectivity index (χ4v) is 4.10. The van der Waals surface area contributed by atoms with Crippen molar-refractivity contribution in [3.05, 3.63) is 29.8 Å². The van der Waals surface area contributed by atoms with Gasteiger partial charge in [0.15, 0.2) is 6.10 Å². The summed E-state index contributed by atoms with van der Waals surface area (Å²) in [5.74, 6) is 0.328. The molecule has 1 saturated carbocycles. The normalized spacial score (nSPS) is 21.7. The minimum absolute atomic E-state index is 0.160. The van der Waals surface area contributed by atoms with E-state index in [1.165, 1.54) is 32.1 Å². The number of hydrogen-bond donors (Lipinski definition) is 2. The highest BCUT2D eigenvalue weighted by Gasteiger charge is 2.28. The van der Waals surface area contributed by atoms with Crippen molar-refractivity contribution >= 4 is 5.91 Å². The van der Waals surface area contributed by atoms with Crippen LogP contribution in [0.2, 0.25) is 0 Å². The lowest BCUT2D eigenvalue weighted by molar-refractivity contribution is -0.130. The molecule has 1 aliphatic heterocycles. The summed E-state index contributed by atoms with van der Waals surface area (Å²) >= 11 is 0. The van der Waals surface area contributed by atoms with Gasteiger partial charge in [0.2, 0.25) is 0 Å². The maximum absolute atomic E-state index is 12.4. The molecule has 1 atom stereocenters. The number of benzene rings is 1. The summed E-state index contributed by atoms with van der Waals surface area (Å²) < 4.78 is 5.16. The molecule has 1 heterocycles. The minimum atomic E-state index is -1.15. The molecule has 1 aliphatic carbocycles. The van der Waals surface area contributed by atoms with Crippen LogP contribution in [0.15, 0.2) is 24.3 Å². The first-order chi connectivity index (χ1) is 12.2. The molecule has 0 bridgehead atoms. The molecule has 3 rings (SSSR count). The van der Waals surface area contributed by atoms with Gasteiger partial charge in [-0.05, 0) is 43.4 Å². The van der Waals surface area contributed by atoms with Gasteiger partial charge >= 0.3 is 0 Å². The van der Waals surface area contributed by atoms with Crippen molar-refractivity contribution in [3.63, 3.8) is 0 Å². The van der Waals surface area contributed by atoms with Gasteiger partial charge < -0.3 is 20.1 Å². The predicted molar refractivity (Wildman–Crippen MR) is 97.6 cm³/mol. The van der Waals surface area contributed by atoms with Crippen LogP contribution in [-0.2, 0) is 4.79 Å². The van der Waals surface area contributed by atoms with E-state index in [0.29, 0.717) is 11.3 Å². The Morgan fingerprint density at radius 3 is 2.60 bits per heavy atom. The largest absolute Gasteiger partial charge is 0.497 e. The molecule has 1 unspecified atom stereocenters. The van der Waals surface area contributed by atoms with Crippen molar-refractivity contribution in [2.75, 3.05) is 20.2 Å². The van der Waals surface area contributed by atoms with Gasteiger partial charge in [-0.25, -0.2) is 0 Å². The van der Waals surface area contributed by atoms with Gasteiger partial charge in [-0.2, -0.15) is 0 Å². The van der Waals surface area contributed by atoms with Gasteiger partial charge in [-0.3, -0.25) is 4.79 Å². The highest BCUT2D eigenvalue weighted by Crippen LogP contribution is 2.26. The van der Waals surface area contributed by atoms with Crippen molar-refractivity contribution in [2.45, 2.75) is 63.1 Å². The number of likely N-dealkylation sites (tertiary alicyclic amines) is 1. The zero-order valence-corrected chi connectivity index (χ0v) is 15.1. The standard InChI is InChI=1S/C20H30N2O3/c1-25-18-9-5-6-15(14-18)19(23)20(24)21-16-10-12-22(13-11-16)17-7-3-2-4-8-17/h5-6,9,14,16-17,19,23H,2-4,7-8,10-13H2,1H3,(H,21,24). The lowest BCUT2D eigenvalue weighted by Crippen LogP contribution is -2.49. The third-order valence-electron chi connectivity index (χ3n) is 5.62. The summed E-state index contributed by atoms with van der Waals surface area (Å²) in [6.45, 7) is 2.09. The second-order valence-electron chi connectivity index (χ2n) is 7.29. The van der Waals surface area contributed by atoms with Gasteiger partial charge in [0.25, 0.3) is 5.91 Å². The number of rotatable bonds is 5. The van der Waals surface area contributed by atoms with E-state index in [1.807, 2.05) is 0 Å². The number of nitrogens with zero attached hydrogens (tertiary/aromatic N) is 1. The van der Waals surface area contributed by atoms with Crippen LogP contribution in [0.5, 0.6) is 5.75 Å². The van der Waals surface area contributed by atoms with Crippen molar-refractivity contribution in [1.82, 2.24) is 10.2 Å².